The summed E-state index contributed by atoms with van der Waals surface area (Å²) >= 11 is 7.31. The van der Waals surface area contributed by atoms with Crippen LogP contribution in [0, 0.1) is 13.8 Å². The molecule has 0 bridgehead atoms. The molecule has 0 saturated carbocycles. The Kier molecular flexibility index (Phi) is 3.83. The summed E-state index contributed by atoms with van der Waals surface area (Å²) in [4.78, 5) is 13.1. The lowest BCUT2D eigenvalue weighted by Crippen LogP contribution is -2.01. The zero-order valence-electron chi connectivity index (χ0n) is 10.9. The average Bonchev–Trinajstić information content (AvgIpc) is 2.66. The average molecular weight is 296 g/mol. The smallest absolute Gasteiger partial charge is 0.350 e. The van der Waals surface area contributed by atoms with Gasteiger partial charge in [0.25, 0.3) is 0 Å². The summed E-state index contributed by atoms with van der Waals surface area (Å²) in [6.07, 6.45) is 0. The maximum Gasteiger partial charge on any atom is 0.350 e. The van der Waals surface area contributed by atoms with Gasteiger partial charge in [0.1, 0.15) is 4.88 Å². The van der Waals surface area contributed by atoms with E-state index in [1.54, 1.807) is 0 Å². The van der Waals surface area contributed by atoms with Crippen LogP contribution in [0.15, 0.2) is 18.2 Å². The van der Waals surface area contributed by atoms with Crippen LogP contribution in [0.4, 0.5) is 5.69 Å². The van der Waals surface area contributed by atoms with Crippen molar-refractivity contribution in [1.82, 2.24) is 0 Å². The van der Waals surface area contributed by atoms with Crippen LogP contribution in [-0.2, 0) is 4.74 Å². The number of esters is 1. The fraction of sp³-hybridized carbons (Fsp3) is 0.214. The molecule has 0 aliphatic heterocycles. The highest BCUT2D eigenvalue weighted by atomic mass is 35.5. The first kappa shape index (κ1) is 13.9. The van der Waals surface area contributed by atoms with Gasteiger partial charge >= 0.3 is 5.97 Å². The third kappa shape index (κ3) is 2.46. The Bertz CT molecular complexity index is 649. The standard InChI is InChI=1S/C14H14ClNO2S/c1-7-6-9(15)4-5-10(7)12-8(2)11(16)13(19-12)14(17)18-3/h4-6H,16H2,1-3H3. The Morgan fingerprint density at radius 3 is 2.63 bits per heavy atom. The Balaban J connectivity index is 2.60. The summed E-state index contributed by atoms with van der Waals surface area (Å²) in [6, 6.07) is 5.66. The lowest BCUT2D eigenvalue weighted by atomic mass is 10.0. The molecular weight excluding hydrogens is 282 g/mol. The van der Waals surface area contributed by atoms with Gasteiger partial charge in [-0.3, -0.25) is 0 Å². The molecule has 0 radical (unpaired) electrons. The van der Waals surface area contributed by atoms with E-state index in [1.165, 1.54) is 18.4 Å². The molecule has 2 rings (SSSR count). The van der Waals surface area contributed by atoms with Crippen molar-refractivity contribution in [2.24, 2.45) is 0 Å². The largest absolute Gasteiger partial charge is 0.465 e. The minimum atomic E-state index is -0.400. The zero-order chi connectivity index (χ0) is 14.2. The third-order valence-corrected chi connectivity index (χ3v) is 4.55. The van der Waals surface area contributed by atoms with Gasteiger partial charge < -0.3 is 10.5 Å². The maximum atomic E-state index is 11.7. The molecule has 0 fully saturated rings. The molecule has 1 heterocycles. The summed E-state index contributed by atoms with van der Waals surface area (Å²) < 4.78 is 4.74. The fourth-order valence-electron chi connectivity index (χ4n) is 1.91. The van der Waals surface area contributed by atoms with Crippen LogP contribution in [-0.4, -0.2) is 13.1 Å². The number of hydrogen-bond donors (Lipinski definition) is 1. The second kappa shape index (κ2) is 5.23. The molecule has 2 N–H and O–H groups in total. The van der Waals surface area contributed by atoms with Crippen LogP contribution in [0.25, 0.3) is 10.4 Å². The van der Waals surface area contributed by atoms with Gasteiger partial charge in [0.05, 0.1) is 12.8 Å². The van der Waals surface area contributed by atoms with Crippen LogP contribution in [0.3, 0.4) is 0 Å². The third-order valence-electron chi connectivity index (χ3n) is 3.00. The summed E-state index contributed by atoms with van der Waals surface area (Å²) in [5.41, 5.74) is 9.45. The Morgan fingerprint density at radius 1 is 1.37 bits per heavy atom. The monoisotopic (exact) mass is 295 g/mol. The molecule has 1 aromatic heterocycles. The van der Waals surface area contributed by atoms with Crippen molar-refractivity contribution >= 4 is 34.6 Å². The highest BCUT2D eigenvalue weighted by Crippen LogP contribution is 2.40. The SMILES string of the molecule is COC(=O)c1sc(-c2ccc(Cl)cc2C)c(C)c1N. The minimum absolute atomic E-state index is 0.400. The molecule has 0 amide bonds. The summed E-state index contributed by atoms with van der Waals surface area (Å²) in [5, 5.41) is 0.691. The van der Waals surface area contributed by atoms with Crippen molar-refractivity contribution in [1.29, 1.82) is 0 Å². The van der Waals surface area contributed by atoms with Crippen LogP contribution in [0.5, 0.6) is 0 Å². The molecule has 0 spiro atoms. The van der Waals surface area contributed by atoms with E-state index in [-0.39, 0.29) is 0 Å². The number of nitrogens with two attached hydrogens (primary N) is 1. The van der Waals surface area contributed by atoms with Crippen LogP contribution < -0.4 is 5.73 Å². The van der Waals surface area contributed by atoms with Crippen molar-refractivity contribution in [2.45, 2.75) is 13.8 Å². The molecule has 2 aromatic rings. The van der Waals surface area contributed by atoms with E-state index < -0.39 is 5.97 Å². The predicted octanol–water partition coefficient (Wildman–Crippen LogP) is 4.05. The van der Waals surface area contributed by atoms with Gasteiger partial charge in [0.2, 0.25) is 0 Å². The van der Waals surface area contributed by atoms with Gasteiger partial charge in [-0.25, -0.2) is 4.79 Å². The van der Waals surface area contributed by atoms with Crippen molar-refractivity contribution in [3.8, 4) is 10.4 Å². The molecule has 0 saturated heterocycles. The van der Waals surface area contributed by atoms with Gasteiger partial charge in [-0.1, -0.05) is 17.7 Å². The quantitative estimate of drug-likeness (QED) is 0.850. The van der Waals surface area contributed by atoms with Gasteiger partial charge in [-0.05, 0) is 42.7 Å². The first-order valence-electron chi connectivity index (χ1n) is 5.69. The maximum absolute atomic E-state index is 11.7. The van der Waals surface area contributed by atoms with E-state index in [0.29, 0.717) is 15.6 Å². The number of anilines is 1. The number of methoxy groups -OCH3 is 1. The highest BCUT2D eigenvalue weighted by Gasteiger charge is 2.20. The van der Waals surface area contributed by atoms with Crippen LogP contribution in [0.1, 0.15) is 20.8 Å². The number of nitrogen functional groups attached to an aromatic ring is 1. The Hall–Kier alpha value is -1.52. The topological polar surface area (TPSA) is 52.3 Å². The number of carbonyl (C=O) groups is 1. The van der Waals surface area contributed by atoms with Crippen molar-refractivity contribution in [2.75, 3.05) is 12.8 Å². The second-order valence-electron chi connectivity index (χ2n) is 4.25. The number of aryl methyl sites for hydroxylation is 1. The number of ether oxygens (including phenoxy) is 1. The molecule has 1 aromatic carbocycles. The number of halogens is 1. The van der Waals surface area contributed by atoms with E-state index in [0.717, 1.165) is 21.6 Å². The molecule has 19 heavy (non-hydrogen) atoms. The number of benzene rings is 1. The molecule has 3 nitrogen and oxygen atoms in total. The van der Waals surface area contributed by atoms with Gasteiger partial charge in [-0.2, -0.15) is 0 Å². The van der Waals surface area contributed by atoms with Crippen LogP contribution in [0.2, 0.25) is 5.02 Å². The molecule has 0 atom stereocenters. The van der Waals surface area contributed by atoms with E-state index in [9.17, 15) is 4.79 Å². The minimum Gasteiger partial charge on any atom is -0.465 e. The first-order chi connectivity index (χ1) is 8.95. The number of carbonyl (C=O) groups excluding carboxylic acids is 1. The van der Waals surface area contributed by atoms with Crippen LogP contribution >= 0.6 is 22.9 Å². The molecule has 0 unspecified atom stereocenters. The predicted molar refractivity (Wildman–Crippen MR) is 80.0 cm³/mol. The number of rotatable bonds is 2. The van der Waals surface area contributed by atoms with Gasteiger partial charge in [0.15, 0.2) is 0 Å². The van der Waals surface area contributed by atoms with Gasteiger partial charge in [-0.15, -0.1) is 11.3 Å². The number of thiophene rings is 1. The summed E-state index contributed by atoms with van der Waals surface area (Å²) in [7, 11) is 1.35. The summed E-state index contributed by atoms with van der Waals surface area (Å²) in [6.45, 7) is 3.88. The fourth-order valence-corrected chi connectivity index (χ4v) is 3.37. The van der Waals surface area contributed by atoms with E-state index in [1.807, 2.05) is 32.0 Å². The molecule has 100 valence electrons. The summed E-state index contributed by atoms with van der Waals surface area (Å²) in [5.74, 6) is -0.400. The molecular formula is C14H14ClNO2S. The Morgan fingerprint density at radius 2 is 2.05 bits per heavy atom. The lowest BCUT2D eigenvalue weighted by Gasteiger charge is -2.05. The van der Waals surface area contributed by atoms with Gasteiger partial charge in [0, 0.05) is 9.90 Å². The first-order valence-corrected chi connectivity index (χ1v) is 6.88. The van der Waals surface area contributed by atoms with Crippen molar-refractivity contribution in [3.63, 3.8) is 0 Å². The Labute approximate surface area is 121 Å². The lowest BCUT2D eigenvalue weighted by molar-refractivity contribution is 0.0607. The van der Waals surface area contributed by atoms with E-state index in [4.69, 9.17) is 22.1 Å². The van der Waals surface area contributed by atoms with E-state index >= 15 is 0 Å². The molecule has 0 aliphatic rings. The molecule has 5 heteroatoms. The van der Waals surface area contributed by atoms with Crippen molar-refractivity contribution in [3.05, 3.63) is 39.2 Å². The normalized spacial score (nSPS) is 10.5. The number of hydrogen-bond acceptors (Lipinski definition) is 4. The molecule has 0 aliphatic carbocycles. The second-order valence-corrected chi connectivity index (χ2v) is 5.71. The zero-order valence-corrected chi connectivity index (χ0v) is 12.5. The van der Waals surface area contributed by atoms with Crippen molar-refractivity contribution < 1.29 is 9.53 Å². The van der Waals surface area contributed by atoms with E-state index in [2.05, 4.69) is 0 Å². The highest BCUT2D eigenvalue weighted by molar-refractivity contribution is 7.18.